The van der Waals surface area contributed by atoms with E-state index in [0.717, 1.165) is 6.07 Å². The number of benzene rings is 1. The van der Waals surface area contributed by atoms with Crippen LogP contribution in [0.25, 0.3) is 11.0 Å². The molecule has 0 fully saturated rings. The molecule has 0 amide bonds. The minimum absolute atomic E-state index is 0.0846. The van der Waals surface area contributed by atoms with Crippen molar-refractivity contribution in [1.29, 1.82) is 5.26 Å². The van der Waals surface area contributed by atoms with Crippen LogP contribution in [-0.2, 0) is 6.54 Å². The van der Waals surface area contributed by atoms with Crippen LogP contribution in [-0.4, -0.2) is 14.8 Å². The molecule has 0 aliphatic heterocycles. The fraction of sp³-hybridized carbons (Fsp3) is 0.0714. The van der Waals surface area contributed by atoms with Crippen LogP contribution in [0.1, 0.15) is 11.3 Å². The lowest BCUT2D eigenvalue weighted by Gasteiger charge is -2.04. The smallest absolute Gasteiger partial charge is 0.172 e. The normalized spacial score (nSPS) is 10.7. The summed E-state index contributed by atoms with van der Waals surface area (Å²) in [6, 6.07) is 8.76. The average molecular weight is 270 g/mol. The molecule has 6 heteroatoms. The highest BCUT2D eigenvalue weighted by molar-refractivity contribution is 5.80. The first-order valence-electron chi connectivity index (χ1n) is 5.84. The molecule has 0 saturated carbocycles. The fourth-order valence-corrected chi connectivity index (χ4v) is 2.01. The minimum atomic E-state index is -0.650. The van der Waals surface area contributed by atoms with E-state index in [1.165, 1.54) is 16.8 Å². The van der Waals surface area contributed by atoms with Gasteiger partial charge in [-0.1, -0.05) is 6.07 Å². The van der Waals surface area contributed by atoms with Crippen LogP contribution >= 0.6 is 0 Å². The molecule has 98 valence electrons. The van der Waals surface area contributed by atoms with Crippen molar-refractivity contribution >= 4 is 11.0 Å². The molecule has 0 unspecified atom stereocenters. The predicted molar refractivity (Wildman–Crippen MR) is 67.7 cm³/mol. The first-order valence-corrected chi connectivity index (χ1v) is 5.84. The maximum absolute atomic E-state index is 13.7. The van der Waals surface area contributed by atoms with Crippen LogP contribution in [0.2, 0.25) is 0 Å². The van der Waals surface area contributed by atoms with Crippen molar-refractivity contribution in [2.45, 2.75) is 6.54 Å². The molecule has 0 spiro atoms. The number of nitrogens with zero attached hydrogens (tertiary/aromatic N) is 4. The number of rotatable bonds is 2. The summed E-state index contributed by atoms with van der Waals surface area (Å²) in [5, 5.41) is 13.7. The minimum Gasteiger partial charge on any atom is -0.241 e. The van der Waals surface area contributed by atoms with Gasteiger partial charge >= 0.3 is 0 Å². The summed E-state index contributed by atoms with van der Waals surface area (Å²) in [6.07, 6.45) is 1.57. The lowest BCUT2D eigenvalue weighted by atomic mass is 10.2. The summed E-state index contributed by atoms with van der Waals surface area (Å²) in [6.45, 7) is 0.0846. The van der Waals surface area contributed by atoms with Crippen molar-refractivity contribution in [3.8, 4) is 6.07 Å². The molecule has 4 nitrogen and oxygen atoms in total. The van der Waals surface area contributed by atoms with Crippen molar-refractivity contribution < 1.29 is 8.78 Å². The van der Waals surface area contributed by atoms with Crippen LogP contribution < -0.4 is 0 Å². The van der Waals surface area contributed by atoms with E-state index in [9.17, 15) is 8.78 Å². The van der Waals surface area contributed by atoms with Gasteiger partial charge in [-0.3, -0.25) is 0 Å². The highest BCUT2D eigenvalue weighted by Gasteiger charge is 2.12. The zero-order valence-corrected chi connectivity index (χ0v) is 10.2. The van der Waals surface area contributed by atoms with E-state index in [1.807, 2.05) is 6.07 Å². The maximum atomic E-state index is 13.7. The Labute approximate surface area is 112 Å². The molecule has 0 bridgehead atoms. The van der Waals surface area contributed by atoms with Crippen LogP contribution in [0, 0.1) is 23.0 Å². The van der Waals surface area contributed by atoms with Gasteiger partial charge in [-0.25, -0.2) is 18.4 Å². The fourth-order valence-electron chi connectivity index (χ4n) is 2.01. The lowest BCUT2D eigenvalue weighted by Crippen LogP contribution is -2.05. The Morgan fingerprint density at radius 3 is 2.85 bits per heavy atom. The largest absolute Gasteiger partial charge is 0.241 e. The summed E-state index contributed by atoms with van der Waals surface area (Å²) in [7, 11) is 0. The van der Waals surface area contributed by atoms with Gasteiger partial charge in [0, 0.05) is 17.8 Å². The molecule has 0 radical (unpaired) electrons. The number of hydrogen-bond acceptors (Lipinski definition) is 3. The maximum Gasteiger partial charge on any atom is 0.172 e. The monoisotopic (exact) mass is 270 g/mol. The molecule has 2 aromatic heterocycles. The Bertz CT molecular complexity index is 833. The second kappa shape index (κ2) is 4.70. The van der Waals surface area contributed by atoms with E-state index in [4.69, 9.17) is 5.26 Å². The number of aromatic nitrogens is 3. The van der Waals surface area contributed by atoms with E-state index in [2.05, 4.69) is 10.1 Å². The summed E-state index contributed by atoms with van der Waals surface area (Å²) >= 11 is 0. The van der Waals surface area contributed by atoms with E-state index in [0.29, 0.717) is 11.0 Å². The van der Waals surface area contributed by atoms with Gasteiger partial charge in [0.25, 0.3) is 0 Å². The molecular formula is C14H8F2N4. The van der Waals surface area contributed by atoms with E-state index in [1.54, 1.807) is 18.3 Å². The third kappa shape index (κ3) is 1.99. The highest BCUT2D eigenvalue weighted by Crippen LogP contribution is 2.18. The van der Waals surface area contributed by atoms with Crippen molar-refractivity contribution in [1.82, 2.24) is 14.8 Å². The first kappa shape index (κ1) is 12.2. The van der Waals surface area contributed by atoms with Gasteiger partial charge in [-0.15, -0.1) is 0 Å². The van der Waals surface area contributed by atoms with Crippen molar-refractivity contribution in [3.63, 3.8) is 0 Å². The zero-order chi connectivity index (χ0) is 14.1. The Morgan fingerprint density at radius 2 is 2.10 bits per heavy atom. The van der Waals surface area contributed by atoms with Gasteiger partial charge in [-0.05, 0) is 18.2 Å². The number of pyridine rings is 1. The summed E-state index contributed by atoms with van der Waals surface area (Å²) < 4.78 is 28.0. The summed E-state index contributed by atoms with van der Waals surface area (Å²) in [5.74, 6) is -1.28. The SMILES string of the molecule is N#Cc1nn(Cc2ccc(F)cc2F)c2ncccc12. The number of fused-ring (bicyclic) bond motifs is 1. The Morgan fingerprint density at radius 1 is 1.25 bits per heavy atom. The van der Waals surface area contributed by atoms with Gasteiger partial charge in [0.15, 0.2) is 11.3 Å². The average Bonchev–Trinajstić information content (AvgIpc) is 2.80. The van der Waals surface area contributed by atoms with Gasteiger partial charge in [-0.2, -0.15) is 10.4 Å². The first-order chi connectivity index (χ1) is 9.69. The van der Waals surface area contributed by atoms with Crippen LogP contribution in [0.15, 0.2) is 36.5 Å². The standard InChI is InChI=1S/C14H8F2N4/c15-10-4-3-9(12(16)6-10)8-20-14-11(2-1-5-18-14)13(7-17)19-20/h1-6H,8H2. The summed E-state index contributed by atoms with van der Waals surface area (Å²) in [4.78, 5) is 4.15. The second-order valence-corrected chi connectivity index (χ2v) is 4.23. The quantitative estimate of drug-likeness (QED) is 0.719. The lowest BCUT2D eigenvalue weighted by molar-refractivity contribution is 0.560. The predicted octanol–water partition coefficient (Wildman–Crippen LogP) is 2.63. The topological polar surface area (TPSA) is 54.5 Å². The third-order valence-electron chi connectivity index (χ3n) is 2.95. The molecule has 3 rings (SSSR count). The van der Waals surface area contributed by atoms with E-state index in [-0.39, 0.29) is 17.8 Å². The van der Waals surface area contributed by atoms with Crippen molar-refractivity contribution in [2.24, 2.45) is 0 Å². The molecule has 0 aliphatic rings. The van der Waals surface area contributed by atoms with Gasteiger partial charge < -0.3 is 0 Å². The Hall–Kier alpha value is -2.81. The molecule has 3 aromatic rings. The van der Waals surface area contributed by atoms with Gasteiger partial charge in [0.1, 0.15) is 17.7 Å². The third-order valence-corrected chi connectivity index (χ3v) is 2.95. The Balaban J connectivity index is 2.09. The molecule has 0 atom stereocenters. The zero-order valence-electron chi connectivity index (χ0n) is 10.2. The molecule has 0 N–H and O–H groups in total. The van der Waals surface area contributed by atoms with Crippen LogP contribution in [0.3, 0.4) is 0 Å². The molecule has 20 heavy (non-hydrogen) atoms. The number of hydrogen-bond donors (Lipinski definition) is 0. The molecular weight excluding hydrogens is 262 g/mol. The molecule has 2 heterocycles. The van der Waals surface area contributed by atoms with Crippen LogP contribution in [0.5, 0.6) is 0 Å². The number of halogens is 2. The summed E-state index contributed by atoms with van der Waals surface area (Å²) in [5.41, 5.74) is 1.01. The molecule has 0 saturated heterocycles. The molecule has 1 aromatic carbocycles. The van der Waals surface area contributed by atoms with Crippen molar-refractivity contribution in [2.75, 3.05) is 0 Å². The molecule has 0 aliphatic carbocycles. The Kier molecular flexibility index (Phi) is 2.88. The van der Waals surface area contributed by atoms with Crippen molar-refractivity contribution in [3.05, 3.63) is 59.4 Å². The second-order valence-electron chi connectivity index (χ2n) is 4.23. The highest BCUT2D eigenvalue weighted by atomic mass is 19.1. The van der Waals surface area contributed by atoms with Crippen LogP contribution in [0.4, 0.5) is 8.78 Å². The van der Waals surface area contributed by atoms with Gasteiger partial charge in [0.05, 0.1) is 11.9 Å². The van der Waals surface area contributed by atoms with Gasteiger partial charge in [0.2, 0.25) is 0 Å². The number of nitriles is 1. The van der Waals surface area contributed by atoms with E-state index >= 15 is 0 Å². The van der Waals surface area contributed by atoms with E-state index < -0.39 is 11.6 Å².